The van der Waals surface area contributed by atoms with Crippen LogP contribution < -0.4 is 0 Å². The number of rotatable bonds is 8. The van der Waals surface area contributed by atoms with Gasteiger partial charge in [-0.15, -0.1) is 5.92 Å². The summed E-state index contributed by atoms with van der Waals surface area (Å²) in [6.07, 6.45) is 2.86. The van der Waals surface area contributed by atoms with E-state index in [0.29, 0.717) is 12.8 Å². The topological polar surface area (TPSA) is 66.8 Å². The zero-order valence-electron chi connectivity index (χ0n) is 21.7. The third-order valence-electron chi connectivity index (χ3n) is 6.24. The fourth-order valence-corrected chi connectivity index (χ4v) is 4.61. The first-order valence-electron chi connectivity index (χ1n) is 12.3. The van der Waals surface area contributed by atoms with Crippen molar-refractivity contribution in [3.05, 3.63) is 23.8 Å². The number of esters is 1. The monoisotopic (exact) mass is 454 g/mol. The predicted molar refractivity (Wildman–Crippen MR) is 121 cm³/mol. The Hall–Kier alpha value is -1.71. The van der Waals surface area contributed by atoms with E-state index in [1.165, 1.54) is 19.9 Å². The maximum atomic E-state index is 14.0. The highest BCUT2D eigenvalue weighted by Gasteiger charge is 2.45. The van der Waals surface area contributed by atoms with E-state index in [1.807, 2.05) is 12.0 Å². The number of ether oxygens (including phenoxy) is 1. The van der Waals surface area contributed by atoms with Gasteiger partial charge in [0.05, 0.1) is 18.1 Å². The molecule has 0 heterocycles. The SMILES string of the molecule is [2H]C([2H])(C/C=C1\C[C@H]2C[C@@H](O)[C@H](/C=C/[C@@H](O)C(C)C(F)(F)C#CC)[C@H]2C1)CC(=O)OC(C)(C)C. The van der Waals surface area contributed by atoms with Crippen LogP contribution in [0.1, 0.15) is 75.8 Å². The van der Waals surface area contributed by atoms with Crippen molar-refractivity contribution in [2.75, 3.05) is 0 Å². The van der Waals surface area contributed by atoms with Gasteiger partial charge >= 0.3 is 11.9 Å². The number of alkyl halides is 2. The first-order valence-corrected chi connectivity index (χ1v) is 11.3. The Balaban J connectivity index is 1.99. The molecular formula is C26H38F2O4. The lowest BCUT2D eigenvalue weighted by Crippen LogP contribution is -2.33. The molecule has 0 saturated heterocycles. The van der Waals surface area contributed by atoms with Crippen molar-refractivity contribution in [3.8, 4) is 11.8 Å². The summed E-state index contributed by atoms with van der Waals surface area (Å²) in [6, 6.07) is 0. The summed E-state index contributed by atoms with van der Waals surface area (Å²) in [5, 5.41) is 20.7. The van der Waals surface area contributed by atoms with E-state index in [9.17, 15) is 23.8 Å². The van der Waals surface area contributed by atoms with Gasteiger partial charge in [0, 0.05) is 15.1 Å². The van der Waals surface area contributed by atoms with Gasteiger partial charge in [0.2, 0.25) is 0 Å². The average molecular weight is 455 g/mol. The van der Waals surface area contributed by atoms with Crippen LogP contribution in [0.5, 0.6) is 0 Å². The van der Waals surface area contributed by atoms with Crippen molar-refractivity contribution < 1.29 is 31.3 Å². The lowest BCUT2D eigenvalue weighted by molar-refractivity contribution is -0.154. The Labute approximate surface area is 193 Å². The molecule has 0 radical (unpaired) electrons. The van der Waals surface area contributed by atoms with Crippen LogP contribution in [0.4, 0.5) is 8.78 Å². The van der Waals surface area contributed by atoms with Crippen LogP contribution in [0, 0.1) is 35.5 Å². The summed E-state index contributed by atoms with van der Waals surface area (Å²) in [7, 11) is 0. The zero-order valence-corrected chi connectivity index (χ0v) is 19.7. The second-order valence-corrected chi connectivity index (χ2v) is 9.95. The minimum Gasteiger partial charge on any atom is -0.460 e. The number of allylic oxidation sites excluding steroid dienone is 2. The third kappa shape index (κ3) is 7.42. The van der Waals surface area contributed by atoms with Crippen LogP contribution in [-0.4, -0.2) is 39.9 Å². The van der Waals surface area contributed by atoms with Gasteiger partial charge in [0.25, 0.3) is 0 Å². The molecule has 0 bridgehead atoms. The first kappa shape index (κ1) is 23.4. The van der Waals surface area contributed by atoms with Crippen LogP contribution in [0.2, 0.25) is 0 Å². The molecule has 0 aromatic rings. The Morgan fingerprint density at radius 2 is 2.06 bits per heavy atom. The molecule has 2 rings (SSSR count). The lowest BCUT2D eigenvalue weighted by atomic mass is 9.89. The molecule has 4 nitrogen and oxygen atoms in total. The molecule has 32 heavy (non-hydrogen) atoms. The van der Waals surface area contributed by atoms with Gasteiger partial charge < -0.3 is 14.9 Å². The van der Waals surface area contributed by atoms with E-state index >= 15 is 0 Å². The Bertz CT molecular complexity index is 851. The number of carbonyl (C=O) groups excluding carboxylic acids is 1. The van der Waals surface area contributed by atoms with Crippen LogP contribution in [-0.2, 0) is 9.53 Å². The molecule has 2 N–H and O–H groups in total. The van der Waals surface area contributed by atoms with Gasteiger partial charge in [-0.2, -0.15) is 8.78 Å². The van der Waals surface area contributed by atoms with Crippen molar-refractivity contribution >= 4 is 5.97 Å². The van der Waals surface area contributed by atoms with E-state index in [2.05, 4.69) is 5.92 Å². The summed E-state index contributed by atoms with van der Waals surface area (Å²) >= 11 is 0. The summed E-state index contributed by atoms with van der Waals surface area (Å²) in [6.45, 7) is 7.79. The molecule has 6 atom stereocenters. The van der Waals surface area contributed by atoms with E-state index < -0.39 is 42.0 Å². The molecule has 2 saturated carbocycles. The normalized spacial score (nSPS) is 30.3. The maximum Gasteiger partial charge on any atom is 0.313 e. The van der Waals surface area contributed by atoms with Crippen molar-refractivity contribution in [2.24, 2.45) is 23.7 Å². The molecule has 1 unspecified atom stereocenters. The largest absolute Gasteiger partial charge is 0.460 e. The number of aliphatic hydroxyl groups excluding tert-OH is 2. The van der Waals surface area contributed by atoms with Gasteiger partial charge in [-0.05, 0) is 77.5 Å². The van der Waals surface area contributed by atoms with Crippen molar-refractivity contribution in [2.45, 2.75) is 96.8 Å². The summed E-state index contributed by atoms with van der Waals surface area (Å²) < 4.78 is 49.5. The second kappa shape index (κ2) is 10.9. The van der Waals surface area contributed by atoms with Crippen LogP contribution in [0.25, 0.3) is 0 Å². The van der Waals surface area contributed by atoms with E-state index in [4.69, 9.17) is 7.48 Å². The number of halogens is 2. The lowest BCUT2D eigenvalue weighted by Gasteiger charge is -2.23. The molecule has 0 aliphatic heterocycles. The van der Waals surface area contributed by atoms with Crippen LogP contribution >= 0.6 is 0 Å². The van der Waals surface area contributed by atoms with Crippen LogP contribution in [0.15, 0.2) is 23.8 Å². The number of carbonyl (C=O) groups is 1. The number of fused-ring (bicyclic) bond motifs is 1. The van der Waals surface area contributed by atoms with E-state index in [1.54, 1.807) is 26.8 Å². The van der Waals surface area contributed by atoms with Crippen molar-refractivity contribution in [3.63, 3.8) is 0 Å². The van der Waals surface area contributed by atoms with Gasteiger partial charge in [0.15, 0.2) is 0 Å². The minimum absolute atomic E-state index is 0.0911. The van der Waals surface area contributed by atoms with E-state index in [0.717, 1.165) is 12.0 Å². The molecule has 0 spiro atoms. The van der Waals surface area contributed by atoms with Crippen LogP contribution in [0.3, 0.4) is 0 Å². The predicted octanol–water partition coefficient (Wildman–Crippen LogP) is 5.04. The Morgan fingerprint density at radius 3 is 2.69 bits per heavy atom. The highest BCUT2D eigenvalue weighted by molar-refractivity contribution is 5.69. The maximum absolute atomic E-state index is 14.0. The van der Waals surface area contributed by atoms with Crippen molar-refractivity contribution in [1.29, 1.82) is 0 Å². The average Bonchev–Trinajstić information content (AvgIpc) is 3.18. The molecule has 0 aromatic heterocycles. The third-order valence-corrected chi connectivity index (χ3v) is 6.24. The number of hydrogen-bond acceptors (Lipinski definition) is 4. The number of aliphatic hydroxyl groups is 2. The molecule has 2 fully saturated rings. The molecule has 180 valence electrons. The highest BCUT2D eigenvalue weighted by atomic mass is 19.3. The fraction of sp³-hybridized carbons (Fsp3) is 0.731. The fourth-order valence-electron chi connectivity index (χ4n) is 4.61. The summed E-state index contributed by atoms with van der Waals surface area (Å²) in [4.78, 5) is 12.0. The summed E-state index contributed by atoms with van der Waals surface area (Å²) in [5.41, 5.74) is 0.412. The standard InChI is InChI=1S/C26H38F2O4/c1-6-13-26(27,28)17(2)22(29)12-11-20-21-15-18(14-19(21)16-23(20)30)9-7-8-10-24(31)32-25(3,4)5/h9,11-12,17,19-23,29-30H,7-8,10,14-16H2,1-5H3/b12-11+,18-9+/t17?,19-,20+,21-,22+,23+/m0/s1/i8D2. The molecular weight excluding hydrogens is 414 g/mol. The Kier molecular flexibility index (Phi) is 8.02. The first-order chi connectivity index (χ1) is 15.5. The quantitative estimate of drug-likeness (QED) is 0.306. The smallest absolute Gasteiger partial charge is 0.313 e. The molecule has 2 aliphatic carbocycles. The van der Waals surface area contributed by atoms with Crippen molar-refractivity contribution in [1.82, 2.24) is 0 Å². The van der Waals surface area contributed by atoms with Gasteiger partial charge in [0.1, 0.15) is 5.60 Å². The van der Waals surface area contributed by atoms with Gasteiger partial charge in [-0.1, -0.05) is 30.7 Å². The Morgan fingerprint density at radius 1 is 1.38 bits per heavy atom. The summed E-state index contributed by atoms with van der Waals surface area (Å²) in [5.74, 6) is -1.17. The molecule has 2 aliphatic rings. The van der Waals surface area contributed by atoms with Gasteiger partial charge in [-0.3, -0.25) is 4.79 Å². The zero-order chi connectivity index (χ0) is 25.9. The molecule has 0 aromatic carbocycles. The minimum atomic E-state index is -3.31. The van der Waals surface area contributed by atoms with Gasteiger partial charge in [-0.25, -0.2) is 0 Å². The van der Waals surface area contributed by atoms with E-state index in [-0.39, 0.29) is 30.6 Å². The molecule has 6 heteroatoms. The number of hydrogen-bond donors (Lipinski definition) is 2. The molecule has 0 amide bonds. The second-order valence-electron chi connectivity index (χ2n) is 9.95. The highest BCUT2D eigenvalue weighted by Crippen LogP contribution is 2.50.